The molecule has 1 heteroatoms. The van der Waals surface area contributed by atoms with E-state index in [1.165, 1.54) is 0 Å². The molecule has 0 fully saturated rings. The summed E-state index contributed by atoms with van der Waals surface area (Å²) < 4.78 is 0. The van der Waals surface area contributed by atoms with E-state index in [-0.39, 0.29) is 0 Å². The zero-order chi connectivity index (χ0) is 8.53. The van der Waals surface area contributed by atoms with Gasteiger partial charge in [-0.1, -0.05) is 25.2 Å². The van der Waals surface area contributed by atoms with Crippen LogP contribution in [0.25, 0.3) is 0 Å². The Kier molecular flexibility index (Phi) is 6.50. The van der Waals surface area contributed by atoms with Crippen LogP contribution in [0, 0.1) is 0 Å². The van der Waals surface area contributed by atoms with E-state index in [0.717, 1.165) is 19.5 Å². The zero-order valence-electron chi connectivity index (χ0n) is 7.29. The van der Waals surface area contributed by atoms with Gasteiger partial charge in [-0.25, -0.2) is 0 Å². The first kappa shape index (κ1) is 10.0. The number of nitrogens with zero attached hydrogens (tertiary/aromatic N) is 1. The lowest BCUT2D eigenvalue weighted by Crippen LogP contribution is -2.16. The molecule has 0 aliphatic rings. The molecular formula is C10H17N. The van der Waals surface area contributed by atoms with Gasteiger partial charge in [-0.3, -0.25) is 0 Å². The molecule has 0 N–H and O–H groups in total. The van der Waals surface area contributed by atoms with Crippen LogP contribution in [0.2, 0.25) is 0 Å². The van der Waals surface area contributed by atoms with Gasteiger partial charge in [0.2, 0.25) is 0 Å². The first-order chi connectivity index (χ1) is 5.35. The minimum absolute atomic E-state index is 0.891. The second-order valence-electron chi connectivity index (χ2n) is 2.32. The van der Waals surface area contributed by atoms with Crippen molar-refractivity contribution in [2.24, 2.45) is 0 Å². The molecule has 0 aromatic rings. The Morgan fingerprint density at radius 3 is 2.09 bits per heavy atom. The van der Waals surface area contributed by atoms with Crippen molar-refractivity contribution in [3.05, 3.63) is 37.6 Å². The highest BCUT2D eigenvalue weighted by Crippen LogP contribution is 1.91. The van der Waals surface area contributed by atoms with E-state index in [1.807, 2.05) is 12.2 Å². The quantitative estimate of drug-likeness (QED) is 0.527. The highest BCUT2D eigenvalue weighted by molar-refractivity contribution is 4.89. The number of rotatable bonds is 6. The molecule has 11 heavy (non-hydrogen) atoms. The molecule has 62 valence electrons. The Balaban J connectivity index is 3.76. The molecule has 0 atom stereocenters. The molecule has 0 amide bonds. The monoisotopic (exact) mass is 151 g/mol. The minimum atomic E-state index is 0.891. The van der Waals surface area contributed by atoms with Crippen molar-refractivity contribution in [1.82, 2.24) is 4.90 Å². The van der Waals surface area contributed by atoms with Crippen LogP contribution in [0.5, 0.6) is 0 Å². The Bertz CT molecular complexity index is 126. The Labute approximate surface area is 69.7 Å². The summed E-state index contributed by atoms with van der Waals surface area (Å²) in [6.45, 7) is 11.3. The highest BCUT2D eigenvalue weighted by atomic mass is 15.1. The van der Waals surface area contributed by atoms with Gasteiger partial charge in [-0.05, 0) is 12.6 Å². The number of hydrogen-bond donors (Lipinski definition) is 0. The van der Waals surface area contributed by atoms with Gasteiger partial charge in [-0.2, -0.15) is 0 Å². The van der Waals surface area contributed by atoms with Gasteiger partial charge in [0.05, 0.1) is 0 Å². The lowest BCUT2D eigenvalue weighted by atomic mass is 10.4. The van der Waals surface area contributed by atoms with Crippen molar-refractivity contribution in [2.45, 2.75) is 13.3 Å². The molecule has 0 aliphatic heterocycles. The van der Waals surface area contributed by atoms with E-state index in [0.29, 0.717) is 0 Å². The third kappa shape index (κ3) is 5.46. The van der Waals surface area contributed by atoms with Crippen molar-refractivity contribution < 1.29 is 0 Å². The smallest absolute Gasteiger partial charge is 0.0354 e. The topological polar surface area (TPSA) is 3.24 Å². The summed E-state index contributed by atoms with van der Waals surface area (Å²) in [6.07, 6.45) is 9.08. The van der Waals surface area contributed by atoms with Crippen molar-refractivity contribution in [3.63, 3.8) is 0 Å². The summed E-state index contributed by atoms with van der Waals surface area (Å²) in [5, 5.41) is 0. The molecule has 1 nitrogen and oxygen atoms in total. The Morgan fingerprint density at radius 2 is 1.73 bits per heavy atom. The van der Waals surface area contributed by atoms with Gasteiger partial charge in [-0.15, -0.1) is 13.2 Å². The Morgan fingerprint density at radius 1 is 1.18 bits per heavy atom. The largest absolute Gasteiger partial charge is 0.370 e. The van der Waals surface area contributed by atoms with Crippen LogP contribution >= 0.6 is 0 Å². The molecule has 0 saturated carbocycles. The second kappa shape index (κ2) is 7.13. The lowest BCUT2D eigenvalue weighted by Gasteiger charge is -2.15. The first-order valence-corrected chi connectivity index (χ1v) is 3.97. The van der Waals surface area contributed by atoms with E-state index in [1.54, 1.807) is 0 Å². The van der Waals surface area contributed by atoms with Gasteiger partial charge >= 0.3 is 0 Å². The van der Waals surface area contributed by atoms with Gasteiger partial charge in [0, 0.05) is 13.1 Å². The van der Waals surface area contributed by atoms with Crippen LogP contribution in [-0.2, 0) is 0 Å². The van der Waals surface area contributed by atoms with Crippen molar-refractivity contribution in [2.75, 3.05) is 13.1 Å². The fraction of sp³-hybridized carbons (Fsp3) is 0.400. The summed E-state index contributed by atoms with van der Waals surface area (Å²) in [5.74, 6) is 0. The summed E-state index contributed by atoms with van der Waals surface area (Å²) in [6, 6.07) is 0. The van der Waals surface area contributed by atoms with Crippen LogP contribution in [0.15, 0.2) is 37.6 Å². The van der Waals surface area contributed by atoms with Gasteiger partial charge in [0.1, 0.15) is 0 Å². The molecule has 0 bridgehead atoms. The van der Waals surface area contributed by atoms with E-state index < -0.39 is 0 Å². The molecule has 0 aromatic heterocycles. The average molecular weight is 151 g/mol. The number of allylic oxidation sites excluding steroid dienone is 1. The van der Waals surface area contributed by atoms with Crippen molar-refractivity contribution >= 4 is 0 Å². The fourth-order valence-corrected chi connectivity index (χ4v) is 0.782. The number of hydrogen-bond acceptors (Lipinski definition) is 1. The molecule has 0 saturated heterocycles. The van der Waals surface area contributed by atoms with Crippen LogP contribution in [0.3, 0.4) is 0 Å². The second-order valence-corrected chi connectivity index (χ2v) is 2.32. The maximum atomic E-state index is 3.68. The molecular weight excluding hydrogens is 134 g/mol. The van der Waals surface area contributed by atoms with Crippen LogP contribution < -0.4 is 0 Å². The third-order valence-electron chi connectivity index (χ3n) is 1.28. The van der Waals surface area contributed by atoms with Crippen LogP contribution in [0.4, 0.5) is 0 Å². The lowest BCUT2D eigenvalue weighted by molar-refractivity contribution is 0.461. The molecule has 0 unspecified atom stereocenters. The third-order valence-corrected chi connectivity index (χ3v) is 1.28. The zero-order valence-corrected chi connectivity index (χ0v) is 7.29. The van der Waals surface area contributed by atoms with Gasteiger partial charge in [0.15, 0.2) is 0 Å². The molecule has 0 aromatic carbocycles. The maximum absolute atomic E-state index is 3.68. The van der Waals surface area contributed by atoms with Gasteiger partial charge < -0.3 is 4.90 Å². The average Bonchev–Trinajstić information content (AvgIpc) is 2.01. The van der Waals surface area contributed by atoms with Gasteiger partial charge in [0.25, 0.3) is 0 Å². The summed E-state index contributed by atoms with van der Waals surface area (Å²) in [5.41, 5.74) is 0. The summed E-state index contributed by atoms with van der Waals surface area (Å²) in [7, 11) is 0. The first-order valence-electron chi connectivity index (χ1n) is 3.97. The molecule has 0 rings (SSSR count). The molecule has 0 radical (unpaired) electrons. The molecule has 0 aliphatic carbocycles. The normalized spacial score (nSPS) is 9.91. The maximum Gasteiger partial charge on any atom is 0.0354 e. The SMILES string of the molecule is C=CCN(C=CCC)CC=C. The van der Waals surface area contributed by atoms with Crippen LogP contribution in [-0.4, -0.2) is 18.0 Å². The minimum Gasteiger partial charge on any atom is -0.370 e. The predicted molar refractivity (Wildman–Crippen MR) is 51.4 cm³/mol. The van der Waals surface area contributed by atoms with E-state index in [4.69, 9.17) is 0 Å². The van der Waals surface area contributed by atoms with E-state index >= 15 is 0 Å². The van der Waals surface area contributed by atoms with E-state index in [9.17, 15) is 0 Å². The Hall–Kier alpha value is -0.980. The fourth-order valence-electron chi connectivity index (χ4n) is 0.782. The standard InChI is InChI=1S/C10H17N/c1-4-7-10-11(8-5-2)9-6-3/h5-7,10H,2-4,8-9H2,1H3. The highest BCUT2D eigenvalue weighted by Gasteiger charge is 1.89. The van der Waals surface area contributed by atoms with Crippen molar-refractivity contribution in [1.29, 1.82) is 0 Å². The molecule has 0 heterocycles. The molecule has 0 spiro atoms. The summed E-state index contributed by atoms with van der Waals surface area (Å²) in [4.78, 5) is 2.16. The van der Waals surface area contributed by atoms with E-state index in [2.05, 4.69) is 37.3 Å². The predicted octanol–water partition coefficient (Wildman–Crippen LogP) is 2.58. The summed E-state index contributed by atoms with van der Waals surface area (Å²) >= 11 is 0. The van der Waals surface area contributed by atoms with Crippen molar-refractivity contribution in [3.8, 4) is 0 Å². The van der Waals surface area contributed by atoms with Crippen LogP contribution in [0.1, 0.15) is 13.3 Å².